The minimum Gasteiger partial charge on any atom is -0.364 e. The summed E-state index contributed by atoms with van der Waals surface area (Å²) in [5.41, 5.74) is 1.41. The Morgan fingerprint density at radius 2 is 1.96 bits per heavy atom. The average Bonchev–Trinajstić information content (AvgIpc) is 3.03. The highest BCUT2D eigenvalue weighted by molar-refractivity contribution is 6.34. The summed E-state index contributed by atoms with van der Waals surface area (Å²) in [6.07, 6.45) is 1.44. The van der Waals surface area contributed by atoms with Gasteiger partial charge in [-0.05, 0) is 25.1 Å². The minimum absolute atomic E-state index is 0.130. The first-order valence-corrected chi connectivity index (χ1v) is 7.58. The predicted octanol–water partition coefficient (Wildman–Crippen LogP) is 3.41. The van der Waals surface area contributed by atoms with Gasteiger partial charge in [0.15, 0.2) is 0 Å². The van der Waals surface area contributed by atoms with Crippen molar-refractivity contribution in [2.24, 2.45) is 5.92 Å². The first-order valence-electron chi connectivity index (χ1n) is 7.20. The van der Waals surface area contributed by atoms with Crippen LogP contribution in [0.3, 0.4) is 0 Å². The van der Waals surface area contributed by atoms with Crippen LogP contribution < -0.4 is 10.6 Å². The Morgan fingerprint density at radius 3 is 2.57 bits per heavy atom. The molecule has 0 unspecified atom stereocenters. The molecule has 6 nitrogen and oxygen atoms in total. The third-order valence-corrected chi connectivity index (χ3v) is 3.58. The summed E-state index contributed by atoms with van der Waals surface area (Å²) in [6, 6.07) is 6.12. The van der Waals surface area contributed by atoms with E-state index in [-0.39, 0.29) is 29.3 Å². The molecule has 7 heteroatoms. The smallest absolute Gasteiger partial charge is 0.253 e. The van der Waals surface area contributed by atoms with E-state index in [9.17, 15) is 9.59 Å². The largest absolute Gasteiger partial charge is 0.364 e. The molecule has 1 aromatic carbocycles. The molecule has 1 atom stereocenters. The van der Waals surface area contributed by atoms with Crippen LogP contribution in [0.5, 0.6) is 0 Å². The number of anilines is 1. The van der Waals surface area contributed by atoms with E-state index in [1.807, 2.05) is 0 Å². The van der Waals surface area contributed by atoms with Crippen molar-refractivity contribution in [3.63, 3.8) is 0 Å². The standard InChI is InChI=1S/C16H18ClN3O3/c1-9(2)15(21)19-11-4-5-13(17)12(8-11)16(22)18-10(3)14-6-7-23-20-14/h4-10H,1-3H3,(H,18,22)(H,19,21)/t10-/m1/s1. The Hall–Kier alpha value is -2.34. The number of nitrogens with zero attached hydrogens (tertiary/aromatic N) is 1. The van der Waals surface area contributed by atoms with Crippen molar-refractivity contribution in [2.75, 3.05) is 5.32 Å². The van der Waals surface area contributed by atoms with E-state index in [0.29, 0.717) is 16.4 Å². The SMILES string of the molecule is CC(C)C(=O)Nc1ccc(Cl)c(C(=O)N[C@H](C)c2ccon2)c1. The lowest BCUT2D eigenvalue weighted by molar-refractivity contribution is -0.118. The third kappa shape index (κ3) is 4.32. The molecule has 122 valence electrons. The first kappa shape index (κ1) is 17.0. The fourth-order valence-electron chi connectivity index (χ4n) is 1.86. The molecule has 0 fully saturated rings. The van der Waals surface area contributed by atoms with Gasteiger partial charge in [0.05, 0.1) is 16.6 Å². The molecule has 0 aliphatic carbocycles. The van der Waals surface area contributed by atoms with Gasteiger partial charge in [-0.1, -0.05) is 30.6 Å². The summed E-state index contributed by atoms with van der Waals surface area (Å²) in [5.74, 6) is -0.643. The maximum atomic E-state index is 12.4. The lowest BCUT2D eigenvalue weighted by Crippen LogP contribution is -2.27. The van der Waals surface area contributed by atoms with Crippen LogP contribution in [0.15, 0.2) is 35.1 Å². The van der Waals surface area contributed by atoms with Gasteiger partial charge in [0, 0.05) is 17.7 Å². The summed E-state index contributed by atoms with van der Waals surface area (Å²) < 4.78 is 4.76. The Labute approximate surface area is 139 Å². The van der Waals surface area contributed by atoms with Crippen molar-refractivity contribution in [3.8, 4) is 0 Å². The number of carbonyl (C=O) groups is 2. The van der Waals surface area contributed by atoms with E-state index >= 15 is 0 Å². The monoisotopic (exact) mass is 335 g/mol. The molecule has 0 aliphatic heterocycles. The summed E-state index contributed by atoms with van der Waals surface area (Å²) >= 11 is 6.09. The number of carbonyl (C=O) groups excluding carboxylic acids is 2. The van der Waals surface area contributed by atoms with Crippen molar-refractivity contribution in [2.45, 2.75) is 26.8 Å². The van der Waals surface area contributed by atoms with Crippen LogP contribution in [0.4, 0.5) is 5.69 Å². The highest BCUT2D eigenvalue weighted by atomic mass is 35.5. The molecule has 0 bridgehead atoms. The second-order valence-corrected chi connectivity index (χ2v) is 5.87. The number of halogens is 1. The number of amides is 2. The molecule has 0 aliphatic rings. The van der Waals surface area contributed by atoms with Gasteiger partial charge in [-0.15, -0.1) is 0 Å². The van der Waals surface area contributed by atoms with Crippen LogP contribution in [-0.2, 0) is 4.79 Å². The van der Waals surface area contributed by atoms with Crippen molar-refractivity contribution in [1.82, 2.24) is 10.5 Å². The lowest BCUT2D eigenvalue weighted by Gasteiger charge is -2.13. The molecule has 1 heterocycles. The van der Waals surface area contributed by atoms with E-state index in [2.05, 4.69) is 15.8 Å². The molecule has 23 heavy (non-hydrogen) atoms. The summed E-state index contributed by atoms with van der Waals surface area (Å²) in [4.78, 5) is 24.1. The van der Waals surface area contributed by atoms with Gasteiger partial charge < -0.3 is 15.2 Å². The summed E-state index contributed by atoms with van der Waals surface area (Å²) in [7, 11) is 0. The van der Waals surface area contributed by atoms with Crippen LogP contribution >= 0.6 is 11.6 Å². The van der Waals surface area contributed by atoms with E-state index in [4.69, 9.17) is 16.1 Å². The van der Waals surface area contributed by atoms with Gasteiger partial charge in [0.25, 0.3) is 5.91 Å². The maximum absolute atomic E-state index is 12.4. The lowest BCUT2D eigenvalue weighted by atomic mass is 10.1. The van der Waals surface area contributed by atoms with E-state index in [1.54, 1.807) is 45.0 Å². The molecular formula is C16H18ClN3O3. The zero-order valence-electron chi connectivity index (χ0n) is 13.1. The molecule has 0 radical (unpaired) electrons. The van der Waals surface area contributed by atoms with E-state index < -0.39 is 0 Å². The minimum atomic E-state index is -0.355. The van der Waals surface area contributed by atoms with Crippen LogP contribution in [0.1, 0.15) is 42.9 Å². The molecule has 0 spiro atoms. The third-order valence-electron chi connectivity index (χ3n) is 3.25. The summed E-state index contributed by atoms with van der Waals surface area (Å²) in [5, 5.41) is 9.61. The molecular weight excluding hydrogens is 318 g/mol. The van der Waals surface area contributed by atoms with Gasteiger partial charge in [-0.2, -0.15) is 0 Å². The van der Waals surface area contributed by atoms with Gasteiger partial charge in [-0.3, -0.25) is 9.59 Å². The van der Waals surface area contributed by atoms with Crippen molar-refractivity contribution in [3.05, 3.63) is 46.8 Å². The van der Waals surface area contributed by atoms with Crippen LogP contribution in [-0.4, -0.2) is 17.0 Å². The van der Waals surface area contributed by atoms with Crippen molar-refractivity contribution < 1.29 is 14.1 Å². The average molecular weight is 336 g/mol. The number of hydrogen-bond acceptors (Lipinski definition) is 4. The van der Waals surface area contributed by atoms with E-state index in [0.717, 1.165) is 0 Å². The van der Waals surface area contributed by atoms with Gasteiger partial charge in [-0.25, -0.2) is 0 Å². The second-order valence-electron chi connectivity index (χ2n) is 5.46. The molecule has 0 saturated carbocycles. The first-order chi connectivity index (χ1) is 10.9. The number of aromatic nitrogens is 1. The van der Waals surface area contributed by atoms with Gasteiger partial charge >= 0.3 is 0 Å². The Bertz CT molecular complexity index is 699. The number of benzene rings is 1. The highest BCUT2D eigenvalue weighted by Crippen LogP contribution is 2.22. The van der Waals surface area contributed by atoms with Gasteiger partial charge in [0.2, 0.25) is 5.91 Å². The van der Waals surface area contributed by atoms with Crippen LogP contribution in [0.2, 0.25) is 5.02 Å². The molecule has 2 aromatic rings. The zero-order valence-corrected chi connectivity index (χ0v) is 13.8. The second kappa shape index (κ2) is 7.28. The van der Waals surface area contributed by atoms with Crippen molar-refractivity contribution in [1.29, 1.82) is 0 Å². The molecule has 1 aromatic heterocycles. The number of nitrogens with one attached hydrogen (secondary N) is 2. The quantitative estimate of drug-likeness (QED) is 0.876. The highest BCUT2D eigenvalue weighted by Gasteiger charge is 2.17. The topological polar surface area (TPSA) is 84.2 Å². The van der Waals surface area contributed by atoms with Gasteiger partial charge in [0.1, 0.15) is 12.0 Å². The van der Waals surface area contributed by atoms with Crippen LogP contribution in [0, 0.1) is 5.92 Å². The molecule has 2 amide bonds. The number of hydrogen-bond donors (Lipinski definition) is 2. The van der Waals surface area contributed by atoms with Crippen molar-refractivity contribution >= 4 is 29.1 Å². The zero-order chi connectivity index (χ0) is 17.0. The molecule has 2 N–H and O–H groups in total. The Balaban J connectivity index is 2.14. The molecule has 0 saturated heterocycles. The molecule has 2 rings (SSSR count). The number of rotatable bonds is 5. The maximum Gasteiger partial charge on any atom is 0.253 e. The normalized spacial score (nSPS) is 12.0. The van der Waals surface area contributed by atoms with E-state index in [1.165, 1.54) is 6.26 Å². The fourth-order valence-corrected chi connectivity index (χ4v) is 2.06. The van der Waals surface area contributed by atoms with Crippen LogP contribution in [0.25, 0.3) is 0 Å². The Kier molecular flexibility index (Phi) is 5.39. The summed E-state index contributed by atoms with van der Waals surface area (Å²) in [6.45, 7) is 5.37. The predicted molar refractivity (Wildman–Crippen MR) is 87.3 cm³/mol. The fraction of sp³-hybridized carbons (Fsp3) is 0.312. The Morgan fingerprint density at radius 1 is 1.22 bits per heavy atom.